The fraction of sp³-hybridized carbons (Fsp3) is 0.226. The van der Waals surface area contributed by atoms with Crippen molar-refractivity contribution in [1.82, 2.24) is 4.98 Å². The summed E-state index contributed by atoms with van der Waals surface area (Å²) in [5.74, 6) is -3.57. The molecule has 4 aromatic rings. The number of thioether (sulfide) groups is 1. The number of sulfonamides is 1. The number of primary sulfonamides is 1. The minimum absolute atomic E-state index is 0.128. The van der Waals surface area contributed by atoms with E-state index in [2.05, 4.69) is 10.3 Å². The van der Waals surface area contributed by atoms with Crippen molar-refractivity contribution in [3.05, 3.63) is 92.4 Å². The number of ether oxygens (including phenoxy) is 2. The number of halogens is 3. The highest BCUT2D eigenvalue weighted by atomic mass is 32.2. The van der Waals surface area contributed by atoms with E-state index in [0.29, 0.717) is 21.2 Å². The lowest BCUT2D eigenvalue weighted by Crippen LogP contribution is -2.32. The van der Waals surface area contributed by atoms with E-state index in [0.717, 1.165) is 46.2 Å². The van der Waals surface area contributed by atoms with Crippen LogP contribution in [-0.4, -0.2) is 49.6 Å². The molecule has 3 unspecified atom stereocenters. The topological polar surface area (TPSA) is 178 Å². The van der Waals surface area contributed by atoms with E-state index >= 15 is 0 Å². The molecule has 3 amide bonds. The van der Waals surface area contributed by atoms with Crippen molar-refractivity contribution < 1.29 is 45.4 Å². The monoisotopic (exact) mass is 734 g/mol. The molecule has 256 valence electrons. The van der Waals surface area contributed by atoms with Gasteiger partial charge >= 0.3 is 11.0 Å². The van der Waals surface area contributed by atoms with E-state index in [4.69, 9.17) is 14.6 Å². The summed E-state index contributed by atoms with van der Waals surface area (Å²) in [4.78, 5) is 56.1. The first-order valence-corrected chi connectivity index (χ1v) is 17.7. The minimum Gasteiger partial charge on any atom is -0.490 e. The van der Waals surface area contributed by atoms with Crippen LogP contribution in [0.4, 0.5) is 24.5 Å². The largest absolute Gasteiger partial charge is 0.490 e. The number of benzene rings is 3. The molecule has 3 atom stereocenters. The van der Waals surface area contributed by atoms with Gasteiger partial charge < -0.3 is 19.8 Å². The van der Waals surface area contributed by atoms with Crippen molar-refractivity contribution in [2.75, 3.05) is 23.4 Å². The molecule has 2 aliphatic rings. The van der Waals surface area contributed by atoms with Crippen LogP contribution in [0.1, 0.15) is 28.8 Å². The molecule has 3 aromatic carbocycles. The first-order valence-electron chi connectivity index (χ1n) is 14.4. The van der Waals surface area contributed by atoms with Crippen molar-refractivity contribution in [3.8, 4) is 11.5 Å². The Morgan fingerprint density at radius 2 is 1.73 bits per heavy atom. The third kappa shape index (κ3) is 6.81. The Hall–Kier alpha value is -4.65. The lowest BCUT2D eigenvalue weighted by Gasteiger charge is -2.30. The van der Waals surface area contributed by atoms with Gasteiger partial charge in [-0.15, -0.1) is 0 Å². The number of hydrogen-bond donors (Lipinski definition) is 3. The Balaban J connectivity index is 1.28. The number of hydrogen-bond acceptors (Lipinski definition) is 10. The standard InChI is InChI=1S/C31H25F3N4O8S3/c1-2-45-21-12-15(6-11-20(21)46-14-22(39)36-17-7-9-19(10-8-17)49(35,43)44)23-24-26(47-27-25(23)48-30(42)37-27)29(41)38(28(24)40)18-5-3-4-16(13-18)31(32,33)34/h3-13,23-24,26H,2,14H2,1H3,(H,36,39)(H,37,42)(H2,35,43,44). The summed E-state index contributed by atoms with van der Waals surface area (Å²) in [6, 6.07) is 13.8. The maximum Gasteiger partial charge on any atom is 0.416 e. The van der Waals surface area contributed by atoms with Gasteiger partial charge in [-0.1, -0.05) is 35.2 Å². The highest BCUT2D eigenvalue weighted by molar-refractivity contribution is 8.00. The molecule has 6 rings (SSSR count). The second-order valence-electron chi connectivity index (χ2n) is 10.9. The molecule has 12 nitrogen and oxygen atoms in total. The van der Waals surface area contributed by atoms with Gasteiger partial charge in [-0.05, 0) is 67.1 Å². The van der Waals surface area contributed by atoms with E-state index in [-0.39, 0.29) is 28.7 Å². The number of aromatic nitrogens is 1. The molecule has 1 aromatic heterocycles. The van der Waals surface area contributed by atoms with Gasteiger partial charge in [0.05, 0.1) is 33.7 Å². The fourth-order valence-electron chi connectivity index (χ4n) is 5.63. The molecule has 3 heterocycles. The highest BCUT2D eigenvalue weighted by Gasteiger charge is 2.56. The normalized spacial score (nSPS) is 19.0. The predicted molar refractivity (Wildman–Crippen MR) is 173 cm³/mol. The maximum absolute atomic E-state index is 14.0. The van der Waals surface area contributed by atoms with Gasteiger partial charge in [0.15, 0.2) is 18.1 Å². The second-order valence-corrected chi connectivity index (χ2v) is 14.6. The summed E-state index contributed by atoms with van der Waals surface area (Å²) < 4.78 is 74.9. The SMILES string of the molecule is CCOc1cc(C2c3sc(=O)[nH]c3SC3C(=O)N(c4cccc(C(F)(F)F)c4)C(=O)C32)ccc1OCC(=O)Nc1ccc(S(N)(=O)=O)cc1. The highest BCUT2D eigenvalue weighted by Crippen LogP contribution is 2.54. The quantitative estimate of drug-likeness (QED) is 0.212. The van der Waals surface area contributed by atoms with E-state index in [9.17, 15) is 40.8 Å². The summed E-state index contributed by atoms with van der Waals surface area (Å²) in [6.45, 7) is 1.42. The zero-order valence-corrected chi connectivity index (χ0v) is 27.6. The Kier molecular flexibility index (Phi) is 9.08. The van der Waals surface area contributed by atoms with Gasteiger partial charge in [0.25, 0.3) is 5.91 Å². The van der Waals surface area contributed by atoms with Crippen molar-refractivity contribution in [2.45, 2.75) is 34.2 Å². The molecule has 0 radical (unpaired) electrons. The Morgan fingerprint density at radius 1 is 1.00 bits per heavy atom. The molecule has 4 N–H and O–H groups in total. The number of amides is 3. The van der Waals surface area contributed by atoms with E-state index < -0.39 is 68.1 Å². The Bertz CT molecular complexity index is 2130. The first kappa shape index (κ1) is 34.2. The number of imide groups is 1. The molecule has 1 fully saturated rings. The number of nitrogens with one attached hydrogen (secondary N) is 2. The summed E-state index contributed by atoms with van der Waals surface area (Å²) in [5.41, 5.74) is -0.470. The molecule has 0 aliphatic carbocycles. The molecule has 2 aliphatic heterocycles. The van der Waals surface area contributed by atoms with Crippen LogP contribution in [-0.2, 0) is 30.6 Å². The van der Waals surface area contributed by atoms with E-state index in [1.54, 1.807) is 19.1 Å². The predicted octanol–water partition coefficient (Wildman–Crippen LogP) is 4.31. The lowest BCUT2D eigenvalue weighted by molar-refractivity contribution is -0.137. The van der Waals surface area contributed by atoms with E-state index in [1.807, 2.05) is 0 Å². The van der Waals surface area contributed by atoms with Crippen LogP contribution >= 0.6 is 23.1 Å². The summed E-state index contributed by atoms with van der Waals surface area (Å²) in [5, 5.41) is 7.00. The Labute approximate surface area is 284 Å². The average Bonchev–Trinajstić information content (AvgIpc) is 3.53. The zero-order valence-electron chi connectivity index (χ0n) is 25.1. The van der Waals surface area contributed by atoms with Crippen molar-refractivity contribution in [1.29, 1.82) is 0 Å². The third-order valence-electron chi connectivity index (χ3n) is 7.71. The van der Waals surface area contributed by atoms with Crippen LogP contribution in [0.15, 0.2) is 81.4 Å². The third-order valence-corrected chi connectivity index (χ3v) is 11.0. The minimum atomic E-state index is -4.70. The molecule has 49 heavy (non-hydrogen) atoms. The van der Waals surface area contributed by atoms with Gasteiger partial charge in [0, 0.05) is 16.5 Å². The molecular weight excluding hydrogens is 710 g/mol. The fourth-order valence-corrected chi connectivity index (χ4v) is 8.66. The molecule has 0 bridgehead atoms. The lowest BCUT2D eigenvalue weighted by atomic mass is 9.83. The first-order chi connectivity index (χ1) is 23.2. The molecular formula is C31H25F3N4O8S3. The van der Waals surface area contributed by atoms with Crippen LogP contribution in [0.5, 0.6) is 11.5 Å². The number of H-pyrrole nitrogens is 1. The molecule has 0 saturated carbocycles. The van der Waals surface area contributed by atoms with Crippen molar-refractivity contribution >= 4 is 62.2 Å². The average molecular weight is 735 g/mol. The van der Waals surface area contributed by atoms with Gasteiger partial charge in [0.1, 0.15) is 5.25 Å². The van der Waals surface area contributed by atoms with Gasteiger partial charge in [-0.2, -0.15) is 13.2 Å². The van der Waals surface area contributed by atoms with Gasteiger partial charge in [-0.25, -0.2) is 18.5 Å². The summed E-state index contributed by atoms with van der Waals surface area (Å²) in [7, 11) is -3.91. The molecule has 18 heteroatoms. The molecule has 0 spiro atoms. The maximum atomic E-state index is 14.0. The number of thiazole rings is 1. The van der Waals surface area contributed by atoms with Gasteiger partial charge in [0.2, 0.25) is 21.8 Å². The number of carbonyl (C=O) groups is 3. The van der Waals surface area contributed by atoms with Crippen LogP contribution in [0.2, 0.25) is 0 Å². The van der Waals surface area contributed by atoms with Gasteiger partial charge in [-0.3, -0.25) is 19.2 Å². The van der Waals surface area contributed by atoms with E-state index in [1.165, 1.54) is 36.4 Å². The number of carbonyl (C=O) groups excluding carboxylic acids is 3. The number of anilines is 2. The number of fused-ring (bicyclic) bond motifs is 2. The summed E-state index contributed by atoms with van der Waals surface area (Å²) in [6.07, 6.45) is -4.70. The smallest absolute Gasteiger partial charge is 0.416 e. The number of alkyl halides is 3. The zero-order chi connectivity index (χ0) is 35.2. The van der Waals surface area contributed by atoms with Crippen molar-refractivity contribution in [2.24, 2.45) is 11.1 Å². The van der Waals surface area contributed by atoms with Crippen LogP contribution < -0.4 is 29.7 Å². The number of nitrogens with zero attached hydrogens (tertiary/aromatic N) is 1. The summed E-state index contributed by atoms with van der Waals surface area (Å²) >= 11 is 1.84. The van der Waals surface area contributed by atoms with Crippen molar-refractivity contribution in [3.63, 3.8) is 0 Å². The number of aromatic amines is 1. The van der Waals surface area contributed by atoms with Crippen LogP contribution in [0.25, 0.3) is 0 Å². The Morgan fingerprint density at radius 3 is 2.41 bits per heavy atom. The molecule has 1 saturated heterocycles. The number of rotatable bonds is 9. The second kappa shape index (κ2) is 13.0. The van der Waals surface area contributed by atoms with Crippen LogP contribution in [0.3, 0.4) is 0 Å². The number of nitrogens with two attached hydrogens (primary N) is 1. The van der Waals surface area contributed by atoms with Crippen LogP contribution in [0, 0.1) is 5.92 Å².